The number of aryl methyl sites for hydroxylation is 2. The summed E-state index contributed by atoms with van der Waals surface area (Å²) in [5, 5.41) is 17.5. The average Bonchev–Trinajstić information content (AvgIpc) is 2.65. The summed E-state index contributed by atoms with van der Waals surface area (Å²) in [6, 6.07) is 8.31. The first-order chi connectivity index (χ1) is 14.1. The van der Waals surface area contributed by atoms with Crippen LogP contribution < -0.4 is 16.0 Å². The Hall–Kier alpha value is -3.47. The van der Waals surface area contributed by atoms with Gasteiger partial charge in [0.25, 0.3) is 0 Å². The molecular formula is C22H27FN6O. The van der Waals surface area contributed by atoms with Gasteiger partial charge in [-0.3, -0.25) is 15.1 Å². The van der Waals surface area contributed by atoms with Crippen LogP contribution in [0.15, 0.2) is 41.5 Å². The number of nitrogens with zero attached hydrogens (tertiary/aromatic N) is 3. The van der Waals surface area contributed by atoms with Crippen LogP contribution in [0.25, 0.3) is 0 Å². The van der Waals surface area contributed by atoms with E-state index in [2.05, 4.69) is 25.9 Å². The number of hydrogen-bond donors (Lipinski definition) is 3. The Labute approximate surface area is 176 Å². The normalized spacial score (nSPS) is 12.6. The van der Waals surface area contributed by atoms with E-state index in [4.69, 9.17) is 5.26 Å². The van der Waals surface area contributed by atoms with Crippen molar-refractivity contribution in [2.45, 2.75) is 47.2 Å². The summed E-state index contributed by atoms with van der Waals surface area (Å²) in [4.78, 5) is 21.3. The smallest absolute Gasteiger partial charge is 0.226 e. The highest BCUT2D eigenvalue weighted by Gasteiger charge is 2.27. The molecule has 0 fully saturated rings. The lowest BCUT2D eigenvalue weighted by molar-refractivity contribution is -0.121. The molecule has 1 heterocycles. The molecule has 1 aromatic heterocycles. The van der Waals surface area contributed by atoms with Crippen LogP contribution in [0.4, 0.5) is 10.1 Å². The number of aromatic nitrogens is 1. The molecule has 2 rings (SSSR count). The van der Waals surface area contributed by atoms with E-state index in [9.17, 15) is 9.18 Å². The molecule has 1 unspecified atom stereocenters. The van der Waals surface area contributed by atoms with Gasteiger partial charge in [-0.2, -0.15) is 5.26 Å². The molecule has 0 radical (unpaired) electrons. The lowest BCUT2D eigenvalue weighted by atomic mass is 9.92. The molecule has 158 valence electrons. The molecule has 2 aromatic rings. The maximum absolute atomic E-state index is 13.8. The van der Waals surface area contributed by atoms with Gasteiger partial charge in [-0.15, -0.1) is 0 Å². The van der Waals surface area contributed by atoms with E-state index in [1.165, 1.54) is 6.07 Å². The summed E-state index contributed by atoms with van der Waals surface area (Å²) < 4.78 is 13.8. The predicted octanol–water partition coefficient (Wildman–Crippen LogP) is 3.41. The van der Waals surface area contributed by atoms with Gasteiger partial charge in [0, 0.05) is 11.6 Å². The molecule has 0 aliphatic carbocycles. The Morgan fingerprint density at radius 1 is 1.30 bits per heavy atom. The number of rotatable bonds is 5. The zero-order valence-electron chi connectivity index (χ0n) is 17.9. The molecule has 0 saturated carbocycles. The number of pyridine rings is 1. The lowest BCUT2D eigenvalue weighted by Gasteiger charge is -2.29. The summed E-state index contributed by atoms with van der Waals surface area (Å²) in [7, 11) is 0. The fourth-order valence-corrected chi connectivity index (χ4v) is 2.60. The number of nitriles is 1. The number of aliphatic imine (C=N–C) groups is 1. The predicted molar refractivity (Wildman–Crippen MR) is 115 cm³/mol. The summed E-state index contributed by atoms with van der Waals surface area (Å²) in [6.07, 6.45) is 2.90. The van der Waals surface area contributed by atoms with Crippen LogP contribution in [0.1, 0.15) is 37.6 Å². The van der Waals surface area contributed by atoms with Crippen molar-refractivity contribution < 1.29 is 9.18 Å². The molecule has 1 aromatic carbocycles. The Balaban J connectivity index is 2.21. The molecule has 7 nitrogen and oxygen atoms in total. The Morgan fingerprint density at radius 3 is 2.63 bits per heavy atom. The minimum Gasteiger partial charge on any atom is -0.333 e. The van der Waals surface area contributed by atoms with Crippen LogP contribution >= 0.6 is 0 Å². The van der Waals surface area contributed by atoms with Gasteiger partial charge < -0.3 is 10.6 Å². The molecule has 8 heteroatoms. The zero-order valence-corrected chi connectivity index (χ0v) is 17.9. The Kier molecular flexibility index (Phi) is 7.48. The van der Waals surface area contributed by atoms with Crippen molar-refractivity contribution in [1.82, 2.24) is 15.6 Å². The topological polar surface area (TPSA) is 102 Å². The van der Waals surface area contributed by atoms with Gasteiger partial charge in [0.1, 0.15) is 12.0 Å². The van der Waals surface area contributed by atoms with Crippen molar-refractivity contribution in [3.8, 4) is 6.19 Å². The highest BCUT2D eigenvalue weighted by atomic mass is 19.1. The molecule has 0 aliphatic rings. The highest BCUT2D eigenvalue weighted by Crippen LogP contribution is 2.21. The number of nitrogens with one attached hydrogen (secondary N) is 3. The number of benzene rings is 1. The van der Waals surface area contributed by atoms with Crippen LogP contribution in [-0.2, 0) is 11.2 Å². The van der Waals surface area contributed by atoms with E-state index in [-0.39, 0.29) is 24.1 Å². The molecule has 0 bridgehead atoms. The minimum absolute atomic E-state index is 0.0233. The summed E-state index contributed by atoms with van der Waals surface area (Å²) in [6.45, 7) is 9.27. The molecule has 3 N–H and O–H groups in total. The lowest BCUT2D eigenvalue weighted by Crippen LogP contribution is -2.45. The van der Waals surface area contributed by atoms with Crippen LogP contribution in [0.3, 0.4) is 0 Å². The number of amides is 1. The number of halogens is 1. The molecule has 0 saturated heterocycles. The second-order valence-corrected chi connectivity index (χ2v) is 8.07. The molecular weight excluding hydrogens is 383 g/mol. The van der Waals surface area contributed by atoms with Gasteiger partial charge in [0.15, 0.2) is 6.19 Å². The molecule has 0 aliphatic heterocycles. The van der Waals surface area contributed by atoms with Crippen LogP contribution in [0.5, 0.6) is 0 Å². The quantitative estimate of drug-likeness (QED) is 0.303. The van der Waals surface area contributed by atoms with E-state index >= 15 is 0 Å². The van der Waals surface area contributed by atoms with E-state index in [1.54, 1.807) is 31.3 Å². The summed E-state index contributed by atoms with van der Waals surface area (Å²) in [5.74, 6) is -0.451. The fraction of sp³-hybridized carbons (Fsp3) is 0.364. The molecule has 1 amide bonds. The van der Waals surface area contributed by atoms with Gasteiger partial charge >= 0.3 is 0 Å². The second kappa shape index (κ2) is 9.83. The van der Waals surface area contributed by atoms with Gasteiger partial charge in [0.05, 0.1) is 17.8 Å². The zero-order chi connectivity index (χ0) is 22.3. The fourth-order valence-electron chi connectivity index (χ4n) is 2.60. The minimum atomic E-state index is -0.638. The van der Waals surface area contributed by atoms with E-state index < -0.39 is 11.6 Å². The third-order valence-electron chi connectivity index (χ3n) is 4.41. The molecule has 1 atom stereocenters. The summed E-state index contributed by atoms with van der Waals surface area (Å²) >= 11 is 0. The van der Waals surface area contributed by atoms with Gasteiger partial charge in [-0.1, -0.05) is 32.9 Å². The van der Waals surface area contributed by atoms with Crippen molar-refractivity contribution in [2.24, 2.45) is 10.4 Å². The standard InChI is InChI=1S/C22H27FN6O/c1-14-8-9-16(11-17(14)23)12-19(30)28-20(22(3,4)5)29-21(26-13-24)27-18-7-6-10-25-15(18)2/h6-11,20H,12H2,1-5H3,(H,28,30)(H2,26,27,29). The van der Waals surface area contributed by atoms with E-state index in [1.807, 2.05) is 40.0 Å². The van der Waals surface area contributed by atoms with Crippen molar-refractivity contribution in [3.63, 3.8) is 0 Å². The Morgan fingerprint density at radius 2 is 2.03 bits per heavy atom. The first-order valence-electron chi connectivity index (χ1n) is 9.56. The second-order valence-electron chi connectivity index (χ2n) is 8.07. The van der Waals surface area contributed by atoms with Crippen LogP contribution in [-0.4, -0.2) is 23.0 Å². The van der Waals surface area contributed by atoms with Crippen molar-refractivity contribution in [3.05, 3.63) is 59.2 Å². The maximum Gasteiger partial charge on any atom is 0.226 e. The largest absolute Gasteiger partial charge is 0.333 e. The number of carbonyl (C=O) groups is 1. The maximum atomic E-state index is 13.8. The number of anilines is 1. The van der Waals surface area contributed by atoms with Crippen molar-refractivity contribution in [2.75, 3.05) is 5.32 Å². The number of hydrogen-bond acceptors (Lipinski definition) is 4. The van der Waals surface area contributed by atoms with Gasteiger partial charge in [-0.05, 0) is 43.2 Å². The van der Waals surface area contributed by atoms with E-state index in [0.717, 1.165) is 5.69 Å². The third kappa shape index (κ3) is 6.55. The van der Waals surface area contributed by atoms with Crippen LogP contribution in [0.2, 0.25) is 0 Å². The number of guanidine groups is 1. The third-order valence-corrected chi connectivity index (χ3v) is 4.41. The summed E-state index contributed by atoms with van der Waals surface area (Å²) in [5.41, 5.74) is 2.09. The monoisotopic (exact) mass is 410 g/mol. The van der Waals surface area contributed by atoms with Crippen molar-refractivity contribution >= 4 is 17.6 Å². The molecule has 30 heavy (non-hydrogen) atoms. The first-order valence-corrected chi connectivity index (χ1v) is 9.56. The van der Waals surface area contributed by atoms with Crippen LogP contribution in [0, 0.1) is 36.5 Å². The highest BCUT2D eigenvalue weighted by molar-refractivity contribution is 5.95. The first kappa shape index (κ1) is 22.8. The Bertz CT molecular complexity index is 974. The van der Waals surface area contributed by atoms with Gasteiger partial charge in [-0.25, -0.2) is 9.38 Å². The van der Waals surface area contributed by atoms with Gasteiger partial charge in [0.2, 0.25) is 11.9 Å². The molecule has 0 spiro atoms. The SMILES string of the molecule is Cc1ccc(CC(=O)NC(N=C(NC#N)Nc2cccnc2C)C(C)(C)C)cc1F. The average molecular weight is 410 g/mol. The van der Waals surface area contributed by atoms with Crippen molar-refractivity contribution in [1.29, 1.82) is 5.26 Å². The van der Waals surface area contributed by atoms with E-state index in [0.29, 0.717) is 16.8 Å². The number of carbonyl (C=O) groups excluding carboxylic acids is 1.